The molecule has 0 saturated carbocycles. The van der Waals surface area contributed by atoms with Gasteiger partial charge in [0.15, 0.2) is 5.82 Å². The molecule has 0 atom stereocenters. The van der Waals surface area contributed by atoms with Crippen molar-refractivity contribution < 1.29 is 13.9 Å². The van der Waals surface area contributed by atoms with Gasteiger partial charge in [0.25, 0.3) is 5.91 Å². The second-order valence-corrected chi connectivity index (χ2v) is 5.19. The standard InChI is InChI=1S/C16H17FN4O2/c1-23-15-7-6-14(18-19-15)20-8-10-21(11-9-20)16(22)12-4-2-3-5-13(12)17/h2-7H,8-11H2,1H3. The lowest BCUT2D eigenvalue weighted by Gasteiger charge is -2.35. The topological polar surface area (TPSA) is 58.6 Å². The smallest absolute Gasteiger partial charge is 0.256 e. The number of aromatic nitrogens is 2. The quantitative estimate of drug-likeness (QED) is 0.860. The molecule has 23 heavy (non-hydrogen) atoms. The molecule has 0 N–H and O–H groups in total. The number of benzene rings is 1. The maximum absolute atomic E-state index is 13.7. The number of hydrogen-bond acceptors (Lipinski definition) is 5. The summed E-state index contributed by atoms with van der Waals surface area (Å²) in [6.07, 6.45) is 0. The van der Waals surface area contributed by atoms with E-state index in [0.717, 1.165) is 5.82 Å². The molecule has 1 aromatic carbocycles. The van der Waals surface area contributed by atoms with Gasteiger partial charge in [0.1, 0.15) is 5.82 Å². The van der Waals surface area contributed by atoms with Gasteiger partial charge in [-0.1, -0.05) is 12.1 Å². The number of rotatable bonds is 3. The minimum atomic E-state index is -0.485. The van der Waals surface area contributed by atoms with Gasteiger partial charge >= 0.3 is 0 Å². The molecule has 0 radical (unpaired) electrons. The molecule has 1 saturated heterocycles. The van der Waals surface area contributed by atoms with Crippen LogP contribution in [0, 0.1) is 5.82 Å². The van der Waals surface area contributed by atoms with Crippen LogP contribution in [0.3, 0.4) is 0 Å². The summed E-state index contributed by atoms with van der Waals surface area (Å²) in [6, 6.07) is 9.64. The number of amides is 1. The van der Waals surface area contributed by atoms with Crippen LogP contribution in [0.4, 0.5) is 10.2 Å². The lowest BCUT2D eigenvalue weighted by Crippen LogP contribution is -2.49. The van der Waals surface area contributed by atoms with Crippen LogP contribution in [0.25, 0.3) is 0 Å². The lowest BCUT2D eigenvalue weighted by atomic mass is 10.1. The van der Waals surface area contributed by atoms with Crippen LogP contribution in [0.1, 0.15) is 10.4 Å². The van der Waals surface area contributed by atoms with Crippen LogP contribution in [0.5, 0.6) is 5.88 Å². The fourth-order valence-corrected chi connectivity index (χ4v) is 2.53. The maximum atomic E-state index is 13.7. The van der Waals surface area contributed by atoms with Gasteiger partial charge in [-0.05, 0) is 18.2 Å². The monoisotopic (exact) mass is 316 g/mol. The minimum absolute atomic E-state index is 0.116. The van der Waals surface area contributed by atoms with Crippen molar-refractivity contribution in [3.63, 3.8) is 0 Å². The van der Waals surface area contributed by atoms with E-state index in [0.29, 0.717) is 32.1 Å². The molecule has 6 nitrogen and oxygen atoms in total. The van der Waals surface area contributed by atoms with Gasteiger partial charge in [0, 0.05) is 32.2 Å². The van der Waals surface area contributed by atoms with Crippen molar-refractivity contribution in [2.45, 2.75) is 0 Å². The van der Waals surface area contributed by atoms with E-state index >= 15 is 0 Å². The molecule has 3 rings (SSSR count). The van der Waals surface area contributed by atoms with Gasteiger partial charge in [0.05, 0.1) is 12.7 Å². The van der Waals surface area contributed by atoms with Crippen molar-refractivity contribution in [2.75, 3.05) is 38.2 Å². The van der Waals surface area contributed by atoms with E-state index in [9.17, 15) is 9.18 Å². The molecule has 120 valence electrons. The first-order valence-electron chi connectivity index (χ1n) is 7.35. The number of methoxy groups -OCH3 is 1. The Kier molecular flexibility index (Phi) is 4.36. The van der Waals surface area contributed by atoms with Gasteiger partial charge in [-0.25, -0.2) is 4.39 Å². The van der Waals surface area contributed by atoms with E-state index in [1.807, 2.05) is 11.0 Å². The van der Waals surface area contributed by atoms with Crippen LogP contribution < -0.4 is 9.64 Å². The minimum Gasteiger partial charge on any atom is -0.480 e. The van der Waals surface area contributed by atoms with E-state index in [1.54, 1.807) is 23.1 Å². The van der Waals surface area contributed by atoms with Gasteiger partial charge in [-0.2, -0.15) is 0 Å². The van der Waals surface area contributed by atoms with Crippen LogP contribution in [-0.4, -0.2) is 54.3 Å². The Morgan fingerprint density at radius 3 is 2.43 bits per heavy atom. The highest BCUT2D eigenvalue weighted by molar-refractivity contribution is 5.94. The summed E-state index contributed by atoms with van der Waals surface area (Å²) in [7, 11) is 1.54. The second-order valence-electron chi connectivity index (χ2n) is 5.19. The van der Waals surface area contributed by atoms with Crippen LogP contribution >= 0.6 is 0 Å². The summed E-state index contributed by atoms with van der Waals surface area (Å²) in [5, 5.41) is 8.04. The van der Waals surface area contributed by atoms with Crippen molar-refractivity contribution >= 4 is 11.7 Å². The molecule has 7 heteroatoms. The number of carbonyl (C=O) groups excluding carboxylic acids is 1. The van der Waals surface area contributed by atoms with Crippen molar-refractivity contribution in [3.05, 3.63) is 47.8 Å². The lowest BCUT2D eigenvalue weighted by molar-refractivity contribution is 0.0742. The molecule has 2 heterocycles. The molecule has 1 aliphatic rings. The third-order valence-electron chi connectivity index (χ3n) is 3.83. The highest BCUT2D eigenvalue weighted by atomic mass is 19.1. The SMILES string of the molecule is COc1ccc(N2CCN(C(=O)c3ccccc3F)CC2)nn1. The Balaban J connectivity index is 1.64. The zero-order chi connectivity index (χ0) is 16.2. The van der Waals surface area contributed by atoms with Crippen molar-refractivity contribution in [1.82, 2.24) is 15.1 Å². The molecule has 1 fully saturated rings. The predicted octanol–water partition coefficient (Wildman–Crippen LogP) is 1.59. The molecule has 1 aromatic heterocycles. The summed E-state index contributed by atoms with van der Waals surface area (Å²) >= 11 is 0. The summed E-state index contributed by atoms with van der Waals surface area (Å²) in [4.78, 5) is 16.1. The zero-order valence-electron chi connectivity index (χ0n) is 12.8. The van der Waals surface area contributed by atoms with Crippen LogP contribution in [0.15, 0.2) is 36.4 Å². The summed E-state index contributed by atoms with van der Waals surface area (Å²) in [6.45, 7) is 2.28. The average Bonchev–Trinajstić information content (AvgIpc) is 2.62. The van der Waals surface area contributed by atoms with Crippen molar-refractivity contribution in [2.24, 2.45) is 0 Å². The van der Waals surface area contributed by atoms with E-state index in [1.165, 1.54) is 19.2 Å². The van der Waals surface area contributed by atoms with E-state index in [2.05, 4.69) is 10.2 Å². The predicted molar refractivity (Wildman–Crippen MR) is 83.1 cm³/mol. The van der Waals surface area contributed by atoms with Crippen molar-refractivity contribution in [1.29, 1.82) is 0 Å². The second kappa shape index (κ2) is 6.60. The molecule has 0 aliphatic carbocycles. The molecule has 0 spiro atoms. The van der Waals surface area contributed by atoms with E-state index in [4.69, 9.17) is 4.74 Å². The molecular weight excluding hydrogens is 299 g/mol. The Labute approximate surface area is 133 Å². The van der Waals surface area contributed by atoms with Gasteiger partial charge in [-0.3, -0.25) is 4.79 Å². The molecular formula is C16H17FN4O2. The largest absolute Gasteiger partial charge is 0.480 e. The first-order chi connectivity index (χ1) is 11.2. The Hall–Kier alpha value is -2.70. The highest BCUT2D eigenvalue weighted by Crippen LogP contribution is 2.17. The summed E-state index contributed by atoms with van der Waals surface area (Å²) in [5.41, 5.74) is 0.116. The van der Waals surface area contributed by atoms with Gasteiger partial charge in [0.2, 0.25) is 5.88 Å². The zero-order valence-corrected chi connectivity index (χ0v) is 12.8. The molecule has 0 bridgehead atoms. The number of carbonyl (C=O) groups is 1. The fourth-order valence-electron chi connectivity index (χ4n) is 2.53. The first kappa shape index (κ1) is 15.2. The number of halogens is 1. The highest BCUT2D eigenvalue weighted by Gasteiger charge is 2.24. The number of hydrogen-bond donors (Lipinski definition) is 0. The Bertz CT molecular complexity index is 685. The number of anilines is 1. The summed E-state index contributed by atoms with van der Waals surface area (Å²) in [5.74, 6) is 0.440. The van der Waals surface area contributed by atoms with Crippen LogP contribution in [-0.2, 0) is 0 Å². The summed E-state index contributed by atoms with van der Waals surface area (Å²) < 4.78 is 18.7. The van der Waals surface area contributed by atoms with Crippen molar-refractivity contribution in [3.8, 4) is 5.88 Å². The van der Waals surface area contributed by atoms with E-state index in [-0.39, 0.29) is 11.5 Å². The number of ether oxygens (including phenoxy) is 1. The third-order valence-corrected chi connectivity index (χ3v) is 3.83. The van der Waals surface area contributed by atoms with Gasteiger partial charge < -0.3 is 14.5 Å². The molecule has 2 aromatic rings. The molecule has 1 amide bonds. The Morgan fingerprint density at radius 2 is 1.83 bits per heavy atom. The fraction of sp³-hybridized carbons (Fsp3) is 0.312. The molecule has 1 aliphatic heterocycles. The first-order valence-corrected chi connectivity index (χ1v) is 7.35. The van der Waals surface area contributed by atoms with Crippen LogP contribution in [0.2, 0.25) is 0 Å². The average molecular weight is 316 g/mol. The molecule has 0 unspecified atom stereocenters. The van der Waals surface area contributed by atoms with Gasteiger partial charge in [-0.15, -0.1) is 10.2 Å². The number of piperazine rings is 1. The number of nitrogens with zero attached hydrogens (tertiary/aromatic N) is 4. The maximum Gasteiger partial charge on any atom is 0.256 e. The normalized spacial score (nSPS) is 14.7. The van der Waals surface area contributed by atoms with E-state index < -0.39 is 5.82 Å². The third kappa shape index (κ3) is 3.23. The Morgan fingerprint density at radius 1 is 1.09 bits per heavy atom.